The van der Waals surface area contributed by atoms with Crippen molar-refractivity contribution in [2.75, 3.05) is 37.7 Å². The molecule has 0 radical (unpaired) electrons. The van der Waals surface area contributed by atoms with Crippen LogP contribution in [0.3, 0.4) is 0 Å². The van der Waals surface area contributed by atoms with Crippen molar-refractivity contribution >= 4 is 37.1 Å². The van der Waals surface area contributed by atoms with E-state index in [9.17, 15) is 9.59 Å². The summed E-state index contributed by atoms with van der Waals surface area (Å²) in [5, 5.41) is 5.90. The third-order valence-corrected chi connectivity index (χ3v) is 4.65. The molecule has 0 aromatic rings. The van der Waals surface area contributed by atoms with Gasteiger partial charge in [-0.3, -0.25) is 9.59 Å². The molecule has 0 heterocycles. The molecule has 0 aliphatic heterocycles. The van der Waals surface area contributed by atoms with Gasteiger partial charge >= 0.3 is 0 Å². The van der Waals surface area contributed by atoms with Crippen molar-refractivity contribution < 1.29 is 9.59 Å². The number of rotatable bonds is 9. The minimum atomic E-state index is -0.0883. The zero-order chi connectivity index (χ0) is 15.9. The maximum atomic E-state index is 11.3. The van der Waals surface area contributed by atoms with Gasteiger partial charge in [0.15, 0.2) is 0 Å². The molecule has 0 aromatic carbocycles. The lowest BCUT2D eigenvalue weighted by Crippen LogP contribution is -2.60. The lowest BCUT2D eigenvalue weighted by atomic mass is 9.67. The van der Waals surface area contributed by atoms with Crippen LogP contribution in [0.15, 0.2) is 0 Å². The molecule has 2 N–H and O–H groups in total. The largest absolute Gasteiger partial charge is 0.354 e. The van der Waals surface area contributed by atoms with Crippen LogP contribution >= 0.6 is 25.3 Å². The molecule has 1 saturated carbocycles. The standard InChI is InChI=1S/C14H27N3O2S2/c1-11(18)16-14(2)4-3-12(14)9-17(7-8-20)6-5-15-13(19)10-21/h12,20-21H,3-10H2,1-2H3,(H,15,19)(H,16,18)/t12?,14-/m0/s1. The molecule has 1 unspecified atom stereocenters. The first-order valence-corrected chi connectivity index (χ1v) is 8.67. The number of hydrogen-bond donors (Lipinski definition) is 4. The molecule has 0 aromatic heterocycles. The summed E-state index contributed by atoms with van der Waals surface area (Å²) in [6.45, 7) is 6.91. The normalized spacial score (nSPS) is 24.5. The molecular formula is C14H27N3O2S2. The van der Waals surface area contributed by atoms with Crippen LogP contribution in [0.25, 0.3) is 0 Å². The van der Waals surface area contributed by atoms with Crippen LogP contribution in [0, 0.1) is 5.92 Å². The molecule has 0 bridgehead atoms. The quantitative estimate of drug-likeness (QED) is 0.467. The number of hydrogen-bond acceptors (Lipinski definition) is 5. The van der Waals surface area contributed by atoms with E-state index in [1.165, 1.54) is 0 Å². The SMILES string of the molecule is CC(=O)N[C@@]1(C)CCC1CN(CCS)CCNC(=O)CS. The third kappa shape index (κ3) is 6.08. The Kier molecular flexibility index (Phi) is 7.90. The van der Waals surface area contributed by atoms with E-state index in [1.54, 1.807) is 6.92 Å². The predicted octanol–water partition coefficient (Wildman–Crippen LogP) is 0.569. The minimum Gasteiger partial charge on any atom is -0.354 e. The van der Waals surface area contributed by atoms with Gasteiger partial charge in [-0.15, -0.1) is 0 Å². The summed E-state index contributed by atoms with van der Waals surface area (Å²) in [7, 11) is 0. The van der Waals surface area contributed by atoms with E-state index in [1.807, 2.05) is 0 Å². The first kappa shape index (κ1) is 18.6. The lowest BCUT2D eigenvalue weighted by molar-refractivity contribution is -0.123. The predicted molar refractivity (Wildman–Crippen MR) is 92.1 cm³/mol. The molecule has 1 rings (SSSR count). The molecule has 5 nitrogen and oxygen atoms in total. The molecule has 122 valence electrons. The number of carbonyl (C=O) groups is 2. The summed E-state index contributed by atoms with van der Waals surface area (Å²) in [6.07, 6.45) is 2.16. The highest BCUT2D eigenvalue weighted by Crippen LogP contribution is 2.38. The Morgan fingerprint density at radius 2 is 2.05 bits per heavy atom. The van der Waals surface area contributed by atoms with Crippen LogP contribution in [-0.4, -0.2) is 59.9 Å². The monoisotopic (exact) mass is 333 g/mol. The van der Waals surface area contributed by atoms with Crippen LogP contribution in [0.2, 0.25) is 0 Å². The van der Waals surface area contributed by atoms with Gasteiger partial charge in [-0.25, -0.2) is 0 Å². The van der Waals surface area contributed by atoms with Gasteiger partial charge in [-0.1, -0.05) is 0 Å². The average Bonchev–Trinajstić information content (AvgIpc) is 2.42. The smallest absolute Gasteiger partial charge is 0.229 e. The molecule has 1 fully saturated rings. The van der Waals surface area contributed by atoms with E-state index >= 15 is 0 Å². The fraction of sp³-hybridized carbons (Fsp3) is 0.857. The van der Waals surface area contributed by atoms with Crippen LogP contribution in [0.4, 0.5) is 0 Å². The van der Waals surface area contributed by atoms with E-state index in [0.29, 0.717) is 12.5 Å². The van der Waals surface area contributed by atoms with Gasteiger partial charge in [0.2, 0.25) is 11.8 Å². The molecule has 21 heavy (non-hydrogen) atoms. The fourth-order valence-corrected chi connectivity index (χ4v) is 3.19. The van der Waals surface area contributed by atoms with E-state index in [0.717, 1.165) is 38.2 Å². The molecule has 0 spiro atoms. The summed E-state index contributed by atoms with van der Waals surface area (Å²) in [5.74, 6) is 1.45. The van der Waals surface area contributed by atoms with Crippen molar-refractivity contribution in [3.8, 4) is 0 Å². The first-order valence-electron chi connectivity index (χ1n) is 7.41. The number of nitrogens with zero attached hydrogens (tertiary/aromatic N) is 1. The average molecular weight is 334 g/mol. The van der Waals surface area contributed by atoms with Gasteiger partial charge in [0, 0.05) is 44.4 Å². The first-order chi connectivity index (χ1) is 9.91. The third-order valence-electron chi connectivity index (χ3n) is 4.16. The molecule has 1 aliphatic rings. The molecule has 1 aliphatic carbocycles. The Hall–Kier alpha value is -0.400. The van der Waals surface area contributed by atoms with Crippen LogP contribution in [0.5, 0.6) is 0 Å². The highest BCUT2D eigenvalue weighted by Gasteiger charge is 2.43. The molecule has 2 amide bonds. The summed E-state index contributed by atoms with van der Waals surface area (Å²) >= 11 is 8.24. The Bertz CT molecular complexity index is 368. The van der Waals surface area contributed by atoms with Crippen molar-refractivity contribution in [1.82, 2.24) is 15.5 Å². The minimum absolute atomic E-state index is 0.0315. The number of nitrogens with one attached hydrogen (secondary N) is 2. The van der Waals surface area contributed by atoms with Crippen molar-refractivity contribution in [3.05, 3.63) is 0 Å². The Morgan fingerprint density at radius 3 is 2.52 bits per heavy atom. The van der Waals surface area contributed by atoms with E-state index in [4.69, 9.17) is 0 Å². The van der Waals surface area contributed by atoms with Crippen molar-refractivity contribution in [3.63, 3.8) is 0 Å². The summed E-state index contributed by atoms with van der Waals surface area (Å²) in [6, 6.07) is 0. The van der Waals surface area contributed by atoms with Crippen molar-refractivity contribution in [1.29, 1.82) is 0 Å². The van der Waals surface area contributed by atoms with Crippen LogP contribution < -0.4 is 10.6 Å². The van der Waals surface area contributed by atoms with E-state index in [2.05, 4.69) is 47.7 Å². The van der Waals surface area contributed by atoms with Gasteiger partial charge in [0.1, 0.15) is 0 Å². The van der Waals surface area contributed by atoms with Crippen LogP contribution in [0.1, 0.15) is 26.7 Å². The van der Waals surface area contributed by atoms with Gasteiger partial charge in [0.25, 0.3) is 0 Å². The molecule has 0 saturated heterocycles. The Morgan fingerprint density at radius 1 is 1.33 bits per heavy atom. The topological polar surface area (TPSA) is 61.4 Å². The number of carbonyl (C=O) groups excluding carboxylic acids is 2. The van der Waals surface area contributed by atoms with Gasteiger partial charge in [-0.05, 0) is 25.7 Å². The lowest BCUT2D eigenvalue weighted by Gasteiger charge is -2.49. The number of amides is 2. The summed E-state index contributed by atoms with van der Waals surface area (Å²) in [5.41, 5.74) is -0.0883. The molecule has 2 atom stereocenters. The molecule has 7 heteroatoms. The second kappa shape index (κ2) is 8.90. The highest BCUT2D eigenvalue weighted by atomic mass is 32.1. The van der Waals surface area contributed by atoms with Gasteiger partial charge in [-0.2, -0.15) is 25.3 Å². The maximum absolute atomic E-state index is 11.3. The zero-order valence-corrected chi connectivity index (χ0v) is 14.7. The number of thiol groups is 2. The molecular weight excluding hydrogens is 306 g/mol. The van der Waals surface area contributed by atoms with Crippen LogP contribution in [-0.2, 0) is 9.59 Å². The van der Waals surface area contributed by atoms with E-state index in [-0.39, 0.29) is 23.1 Å². The Balaban J connectivity index is 2.43. The second-order valence-electron chi connectivity index (χ2n) is 5.87. The van der Waals surface area contributed by atoms with Crippen molar-refractivity contribution in [2.45, 2.75) is 32.2 Å². The van der Waals surface area contributed by atoms with Gasteiger partial charge in [0.05, 0.1) is 5.75 Å². The highest BCUT2D eigenvalue weighted by molar-refractivity contribution is 7.81. The van der Waals surface area contributed by atoms with Crippen molar-refractivity contribution in [2.24, 2.45) is 5.92 Å². The summed E-state index contributed by atoms with van der Waals surface area (Å²) < 4.78 is 0. The fourth-order valence-electron chi connectivity index (χ4n) is 2.80. The summed E-state index contributed by atoms with van der Waals surface area (Å²) in [4.78, 5) is 24.8. The second-order valence-corrected chi connectivity index (χ2v) is 6.63. The van der Waals surface area contributed by atoms with E-state index < -0.39 is 0 Å². The Labute approximate surface area is 138 Å². The van der Waals surface area contributed by atoms with Gasteiger partial charge < -0.3 is 15.5 Å². The maximum Gasteiger partial charge on any atom is 0.229 e. The zero-order valence-electron chi connectivity index (χ0n) is 12.9.